The average Bonchev–Trinajstić information content (AvgIpc) is 2.52. The number of amides is 2. The smallest absolute Gasteiger partial charge is 0.251 e. The number of hydrogen-bond donors (Lipinski definition) is 2. The summed E-state index contributed by atoms with van der Waals surface area (Å²) in [4.78, 5) is 23.5. The van der Waals surface area contributed by atoms with Gasteiger partial charge in [-0.25, -0.2) is 4.39 Å². The summed E-state index contributed by atoms with van der Waals surface area (Å²) in [6.45, 7) is 2.26. The van der Waals surface area contributed by atoms with Crippen LogP contribution < -0.4 is 10.6 Å². The van der Waals surface area contributed by atoms with E-state index in [1.807, 2.05) is 31.2 Å². The van der Waals surface area contributed by atoms with E-state index in [-0.39, 0.29) is 12.5 Å². The second-order valence-corrected chi connectivity index (χ2v) is 4.89. The SMILES string of the molecule is Cc1ccccc1CNC(=O)CNC(=O)c1ccc(F)cc1. The fourth-order valence-electron chi connectivity index (χ4n) is 1.93. The van der Waals surface area contributed by atoms with Crippen LogP contribution in [-0.2, 0) is 11.3 Å². The Morgan fingerprint density at radius 3 is 2.36 bits per heavy atom. The highest BCUT2D eigenvalue weighted by atomic mass is 19.1. The highest BCUT2D eigenvalue weighted by Crippen LogP contribution is 2.06. The molecule has 2 rings (SSSR count). The van der Waals surface area contributed by atoms with Gasteiger partial charge in [-0.05, 0) is 42.3 Å². The quantitative estimate of drug-likeness (QED) is 0.889. The molecule has 2 amide bonds. The number of benzene rings is 2. The monoisotopic (exact) mass is 300 g/mol. The molecule has 2 aromatic rings. The van der Waals surface area contributed by atoms with E-state index < -0.39 is 11.7 Å². The van der Waals surface area contributed by atoms with Gasteiger partial charge in [-0.15, -0.1) is 0 Å². The summed E-state index contributed by atoms with van der Waals surface area (Å²) >= 11 is 0. The number of hydrogen-bond acceptors (Lipinski definition) is 2. The number of rotatable bonds is 5. The van der Waals surface area contributed by atoms with Crippen molar-refractivity contribution in [2.45, 2.75) is 13.5 Å². The lowest BCUT2D eigenvalue weighted by molar-refractivity contribution is -0.120. The molecule has 114 valence electrons. The first-order chi connectivity index (χ1) is 10.6. The van der Waals surface area contributed by atoms with Crippen LogP contribution in [0.4, 0.5) is 4.39 Å². The Balaban J connectivity index is 1.79. The molecular formula is C17H17FN2O2. The molecule has 0 radical (unpaired) electrons. The van der Waals surface area contributed by atoms with Gasteiger partial charge in [-0.2, -0.15) is 0 Å². The summed E-state index contributed by atoms with van der Waals surface area (Å²) in [7, 11) is 0. The predicted molar refractivity (Wildman–Crippen MR) is 81.8 cm³/mol. The summed E-state index contributed by atoms with van der Waals surface area (Å²) in [5.41, 5.74) is 2.44. The summed E-state index contributed by atoms with van der Waals surface area (Å²) < 4.78 is 12.8. The Labute approximate surface area is 128 Å². The van der Waals surface area contributed by atoms with Crippen molar-refractivity contribution in [2.24, 2.45) is 0 Å². The Bertz CT molecular complexity index is 669. The van der Waals surface area contributed by atoms with Gasteiger partial charge < -0.3 is 10.6 Å². The largest absolute Gasteiger partial charge is 0.350 e. The zero-order valence-corrected chi connectivity index (χ0v) is 12.2. The van der Waals surface area contributed by atoms with Crippen LogP contribution in [0.3, 0.4) is 0 Å². The van der Waals surface area contributed by atoms with E-state index in [1.54, 1.807) is 0 Å². The molecule has 0 aliphatic rings. The standard InChI is InChI=1S/C17H17FN2O2/c1-12-4-2-3-5-14(12)10-19-16(21)11-20-17(22)13-6-8-15(18)9-7-13/h2-9H,10-11H2,1H3,(H,19,21)(H,20,22). The highest BCUT2D eigenvalue weighted by Gasteiger charge is 2.08. The zero-order valence-electron chi connectivity index (χ0n) is 12.2. The van der Waals surface area contributed by atoms with E-state index in [1.165, 1.54) is 24.3 Å². The molecule has 0 aliphatic carbocycles. The fourth-order valence-corrected chi connectivity index (χ4v) is 1.93. The highest BCUT2D eigenvalue weighted by molar-refractivity contribution is 5.96. The van der Waals surface area contributed by atoms with E-state index in [4.69, 9.17) is 0 Å². The minimum Gasteiger partial charge on any atom is -0.350 e. The van der Waals surface area contributed by atoms with Crippen molar-refractivity contribution in [3.05, 3.63) is 71.0 Å². The molecule has 4 nitrogen and oxygen atoms in total. The molecular weight excluding hydrogens is 283 g/mol. The van der Waals surface area contributed by atoms with Gasteiger partial charge in [-0.3, -0.25) is 9.59 Å². The van der Waals surface area contributed by atoms with E-state index >= 15 is 0 Å². The van der Waals surface area contributed by atoms with Crippen molar-refractivity contribution in [3.8, 4) is 0 Å². The van der Waals surface area contributed by atoms with Gasteiger partial charge in [0.05, 0.1) is 6.54 Å². The third-order valence-corrected chi connectivity index (χ3v) is 3.25. The van der Waals surface area contributed by atoms with Gasteiger partial charge in [0.1, 0.15) is 5.82 Å². The molecule has 0 heterocycles. The molecule has 0 unspecified atom stereocenters. The number of carbonyl (C=O) groups is 2. The van der Waals surface area contributed by atoms with Crippen LogP contribution in [0.2, 0.25) is 0 Å². The molecule has 0 aromatic heterocycles. The van der Waals surface area contributed by atoms with Crippen LogP contribution >= 0.6 is 0 Å². The van der Waals surface area contributed by atoms with Crippen molar-refractivity contribution in [1.29, 1.82) is 0 Å². The minimum absolute atomic E-state index is 0.123. The first kappa shape index (κ1) is 15.7. The van der Waals surface area contributed by atoms with E-state index in [0.717, 1.165) is 11.1 Å². The first-order valence-electron chi connectivity index (χ1n) is 6.91. The second-order valence-electron chi connectivity index (χ2n) is 4.89. The van der Waals surface area contributed by atoms with Crippen LogP contribution in [0.5, 0.6) is 0 Å². The second kappa shape index (κ2) is 7.36. The van der Waals surface area contributed by atoms with Gasteiger partial charge in [-0.1, -0.05) is 24.3 Å². The van der Waals surface area contributed by atoms with Gasteiger partial charge >= 0.3 is 0 Å². The van der Waals surface area contributed by atoms with Gasteiger partial charge in [0.2, 0.25) is 5.91 Å². The first-order valence-corrected chi connectivity index (χ1v) is 6.91. The summed E-state index contributed by atoms with van der Waals surface area (Å²) in [6, 6.07) is 12.9. The maximum Gasteiger partial charge on any atom is 0.251 e. The third kappa shape index (κ3) is 4.41. The van der Waals surface area contributed by atoms with Gasteiger partial charge in [0, 0.05) is 12.1 Å². The number of nitrogens with one attached hydrogen (secondary N) is 2. The Morgan fingerprint density at radius 2 is 1.68 bits per heavy atom. The van der Waals surface area contributed by atoms with Gasteiger partial charge in [0.25, 0.3) is 5.91 Å². The minimum atomic E-state index is -0.411. The Hall–Kier alpha value is -2.69. The Morgan fingerprint density at radius 1 is 1.00 bits per heavy atom. The number of halogens is 1. The number of aryl methyl sites for hydroxylation is 1. The third-order valence-electron chi connectivity index (χ3n) is 3.25. The van der Waals surface area contributed by atoms with E-state index in [2.05, 4.69) is 10.6 Å². The molecule has 22 heavy (non-hydrogen) atoms. The van der Waals surface area contributed by atoms with Gasteiger partial charge in [0.15, 0.2) is 0 Å². The van der Waals surface area contributed by atoms with Crippen molar-refractivity contribution in [3.63, 3.8) is 0 Å². The molecule has 2 N–H and O–H groups in total. The molecule has 0 saturated carbocycles. The van der Waals surface area contributed by atoms with Crippen LogP contribution in [0.1, 0.15) is 21.5 Å². The number of carbonyl (C=O) groups excluding carboxylic acids is 2. The lowest BCUT2D eigenvalue weighted by atomic mass is 10.1. The fraction of sp³-hybridized carbons (Fsp3) is 0.176. The zero-order chi connectivity index (χ0) is 15.9. The molecule has 0 bridgehead atoms. The van der Waals surface area contributed by atoms with Crippen molar-refractivity contribution >= 4 is 11.8 Å². The Kier molecular flexibility index (Phi) is 5.25. The summed E-state index contributed by atoms with van der Waals surface area (Å²) in [5.74, 6) is -1.10. The molecule has 0 aliphatic heterocycles. The average molecular weight is 300 g/mol. The summed E-state index contributed by atoms with van der Waals surface area (Å²) in [6.07, 6.45) is 0. The molecule has 0 spiro atoms. The van der Waals surface area contributed by atoms with Crippen LogP contribution in [0.25, 0.3) is 0 Å². The molecule has 0 fully saturated rings. The maximum absolute atomic E-state index is 12.8. The van der Waals surface area contributed by atoms with Crippen molar-refractivity contribution in [2.75, 3.05) is 6.54 Å². The lowest BCUT2D eigenvalue weighted by Crippen LogP contribution is -2.36. The molecule has 2 aromatic carbocycles. The van der Waals surface area contributed by atoms with Crippen LogP contribution in [0, 0.1) is 12.7 Å². The van der Waals surface area contributed by atoms with E-state index in [9.17, 15) is 14.0 Å². The molecule has 0 saturated heterocycles. The topological polar surface area (TPSA) is 58.2 Å². The maximum atomic E-state index is 12.8. The lowest BCUT2D eigenvalue weighted by Gasteiger charge is -2.09. The summed E-state index contributed by atoms with van der Waals surface area (Å²) in [5, 5.41) is 5.24. The molecule has 5 heteroatoms. The predicted octanol–water partition coefficient (Wildman–Crippen LogP) is 2.18. The molecule has 0 atom stereocenters. The van der Waals surface area contributed by atoms with Crippen molar-refractivity contribution in [1.82, 2.24) is 10.6 Å². The van der Waals surface area contributed by atoms with Crippen LogP contribution in [0.15, 0.2) is 48.5 Å². The van der Waals surface area contributed by atoms with Crippen molar-refractivity contribution < 1.29 is 14.0 Å². The van der Waals surface area contributed by atoms with Crippen LogP contribution in [-0.4, -0.2) is 18.4 Å². The normalized spacial score (nSPS) is 10.1. The van der Waals surface area contributed by atoms with E-state index in [0.29, 0.717) is 12.1 Å².